The van der Waals surface area contributed by atoms with Gasteiger partial charge in [0.2, 0.25) is 5.91 Å². The van der Waals surface area contributed by atoms with Crippen LogP contribution in [0.5, 0.6) is 0 Å². The summed E-state index contributed by atoms with van der Waals surface area (Å²) in [7, 11) is 1.67. The van der Waals surface area contributed by atoms with E-state index in [2.05, 4.69) is 15.5 Å². The molecular formula is C16H25ClN4O2. The number of alkyl halides is 1. The Bertz CT molecular complexity index is 483. The van der Waals surface area contributed by atoms with Gasteiger partial charge in [-0.2, -0.15) is 5.10 Å². The van der Waals surface area contributed by atoms with Crippen LogP contribution in [0.4, 0.5) is 5.82 Å². The Morgan fingerprint density at radius 3 is 3.04 bits per heavy atom. The second kappa shape index (κ2) is 9.67. The molecule has 1 fully saturated rings. The monoisotopic (exact) mass is 340 g/mol. The molecule has 1 aromatic heterocycles. The van der Waals surface area contributed by atoms with Crippen molar-refractivity contribution in [2.24, 2.45) is 5.92 Å². The van der Waals surface area contributed by atoms with Crippen LogP contribution in [0.1, 0.15) is 25.0 Å². The molecule has 1 saturated heterocycles. The van der Waals surface area contributed by atoms with Gasteiger partial charge in [-0.15, -0.1) is 16.7 Å². The third kappa shape index (κ3) is 5.95. The number of anilines is 1. The number of nitrogens with one attached hydrogen (secondary N) is 1. The molecule has 0 aromatic carbocycles. The molecule has 0 spiro atoms. The zero-order valence-electron chi connectivity index (χ0n) is 13.6. The zero-order chi connectivity index (χ0) is 16.5. The molecule has 1 aliphatic rings. The summed E-state index contributed by atoms with van der Waals surface area (Å²) in [5.74, 6) is 1.76. The summed E-state index contributed by atoms with van der Waals surface area (Å²) in [6, 6.07) is 3.94. The average Bonchev–Trinajstić information content (AvgIpc) is 2.57. The van der Waals surface area contributed by atoms with E-state index >= 15 is 0 Å². The molecule has 0 radical (unpaired) electrons. The molecule has 0 saturated carbocycles. The molecule has 1 N–H and O–H groups in total. The number of carbonyl (C=O) groups excluding carboxylic acids is 1. The van der Waals surface area contributed by atoms with Gasteiger partial charge in [-0.3, -0.25) is 4.79 Å². The van der Waals surface area contributed by atoms with E-state index in [1.54, 1.807) is 7.11 Å². The number of piperidine rings is 1. The average molecular weight is 341 g/mol. The number of rotatable bonds is 8. The highest BCUT2D eigenvalue weighted by Crippen LogP contribution is 2.21. The Morgan fingerprint density at radius 2 is 2.35 bits per heavy atom. The molecule has 1 aliphatic heterocycles. The lowest BCUT2D eigenvalue weighted by molar-refractivity contribution is -0.132. The molecular weight excluding hydrogens is 316 g/mol. The normalized spacial score (nSPS) is 18.0. The first-order valence-electron chi connectivity index (χ1n) is 8.12. The fourth-order valence-electron chi connectivity index (χ4n) is 2.84. The van der Waals surface area contributed by atoms with E-state index in [0.717, 1.165) is 43.9 Å². The summed E-state index contributed by atoms with van der Waals surface area (Å²) < 4.78 is 4.98. The van der Waals surface area contributed by atoms with Gasteiger partial charge in [0.05, 0.1) is 12.3 Å². The molecule has 23 heavy (non-hydrogen) atoms. The summed E-state index contributed by atoms with van der Waals surface area (Å²) >= 11 is 5.66. The van der Waals surface area contributed by atoms with E-state index in [0.29, 0.717) is 31.4 Å². The molecule has 0 bridgehead atoms. The van der Waals surface area contributed by atoms with Crippen LogP contribution in [-0.2, 0) is 16.0 Å². The number of amides is 1. The number of likely N-dealkylation sites (tertiary alicyclic amines) is 1. The largest absolute Gasteiger partial charge is 0.383 e. The predicted octanol–water partition coefficient (Wildman–Crippen LogP) is 1.94. The number of nitrogens with zero attached hydrogens (tertiary/aromatic N) is 3. The summed E-state index contributed by atoms with van der Waals surface area (Å²) in [4.78, 5) is 13.9. The Balaban J connectivity index is 1.82. The van der Waals surface area contributed by atoms with Gasteiger partial charge < -0.3 is 15.0 Å². The van der Waals surface area contributed by atoms with Crippen LogP contribution in [0.15, 0.2) is 12.1 Å². The minimum Gasteiger partial charge on any atom is -0.383 e. The molecule has 6 nitrogen and oxygen atoms in total. The van der Waals surface area contributed by atoms with E-state index in [1.165, 1.54) is 0 Å². The maximum atomic E-state index is 12.0. The van der Waals surface area contributed by atoms with Crippen molar-refractivity contribution < 1.29 is 9.53 Å². The number of aromatic nitrogens is 2. The Morgan fingerprint density at radius 1 is 1.48 bits per heavy atom. The molecule has 1 amide bonds. The first kappa shape index (κ1) is 17.9. The number of halogens is 1. The first-order chi connectivity index (χ1) is 11.2. The van der Waals surface area contributed by atoms with Gasteiger partial charge in [-0.05, 0) is 37.3 Å². The number of carbonyl (C=O) groups is 1. The van der Waals surface area contributed by atoms with E-state index in [1.807, 2.05) is 17.0 Å². The van der Waals surface area contributed by atoms with Gasteiger partial charge in [0.25, 0.3) is 0 Å². The van der Waals surface area contributed by atoms with Crippen molar-refractivity contribution >= 4 is 23.3 Å². The van der Waals surface area contributed by atoms with Crippen molar-refractivity contribution in [3.63, 3.8) is 0 Å². The lowest BCUT2D eigenvalue weighted by Crippen LogP contribution is -2.40. The first-order valence-corrected chi connectivity index (χ1v) is 8.65. The molecule has 7 heteroatoms. The van der Waals surface area contributed by atoms with E-state index in [4.69, 9.17) is 16.3 Å². The van der Waals surface area contributed by atoms with Crippen LogP contribution in [0, 0.1) is 5.92 Å². The number of ether oxygens (including phenoxy) is 1. The van der Waals surface area contributed by atoms with Crippen LogP contribution >= 0.6 is 11.6 Å². The van der Waals surface area contributed by atoms with Crippen molar-refractivity contribution in [2.75, 3.05) is 44.5 Å². The van der Waals surface area contributed by atoms with E-state index in [9.17, 15) is 4.79 Å². The van der Waals surface area contributed by atoms with Crippen LogP contribution < -0.4 is 5.32 Å². The smallest absolute Gasteiger partial charge is 0.223 e. The highest BCUT2D eigenvalue weighted by atomic mass is 35.5. The zero-order valence-corrected chi connectivity index (χ0v) is 14.4. The Labute approximate surface area is 142 Å². The second-order valence-electron chi connectivity index (χ2n) is 5.82. The molecule has 2 rings (SSSR count). The SMILES string of the molecule is COCCNc1ccc(CC2CCCN(C(=O)CCCl)C2)nn1. The summed E-state index contributed by atoms with van der Waals surface area (Å²) in [6.45, 7) is 2.99. The maximum absolute atomic E-state index is 12.0. The number of hydrogen-bond acceptors (Lipinski definition) is 5. The van der Waals surface area contributed by atoms with Crippen molar-refractivity contribution in [3.8, 4) is 0 Å². The second-order valence-corrected chi connectivity index (χ2v) is 6.20. The van der Waals surface area contributed by atoms with Gasteiger partial charge in [-0.1, -0.05) is 0 Å². The summed E-state index contributed by atoms with van der Waals surface area (Å²) in [5, 5.41) is 11.6. The highest BCUT2D eigenvalue weighted by molar-refractivity contribution is 6.18. The van der Waals surface area contributed by atoms with Gasteiger partial charge >= 0.3 is 0 Å². The minimum atomic E-state index is 0.161. The van der Waals surface area contributed by atoms with Crippen LogP contribution in [0.25, 0.3) is 0 Å². The maximum Gasteiger partial charge on any atom is 0.223 e. The number of hydrogen-bond donors (Lipinski definition) is 1. The van der Waals surface area contributed by atoms with Crippen molar-refractivity contribution in [2.45, 2.75) is 25.7 Å². The van der Waals surface area contributed by atoms with Gasteiger partial charge in [0.1, 0.15) is 5.82 Å². The number of methoxy groups -OCH3 is 1. The predicted molar refractivity (Wildman–Crippen MR) is 90.7 cm³/mol. The molecule has 1 atom stereocenters. The van der Waals surface area contributed by atoms with Crippen LogP contribution in [0.2, 0.25) is 0 Å². The van der Waals surface area contributed by atoms with Gasteiger partial charge in [-0.25, -0.2) is 0 Å². The van der Waals surface area contributed by atoms with E-state index < -0.39 is 0 Å². The quantitative estimate of drug-likeness (QED) is 0.578. The lowest BCUT2D eigenvalue weighted by atomic mass is 9.93. The van der Waals surface area contributed by atoms with Crippen LogP contribution in [0.3, 0.4) is 0 Å². The van der Waals surface area contributed by atoms with Crippen molar-refractivity contribution in [3.05, 3.63) is 17.8 Å². The Hall–Kier alpha value is -1.40. The fourth-order valence-corrected chi connectivity index (χ4v) is 3.00. The van der Waals surface area contributed by atoms with Crippen molar-refractivity contribution in [1.29, 1.82) is 0 Å². The lowest BCUT2D eigenvalue weighted by Gasteiger charge is -2.32. The van der Waals surface area contributed by atoms with E-state index in [-0.39, 0.29) is 5.91 Å². The Kier molecular flexibility index (Phi) is 7.55. The van der Waals surface area contributed by atoms with Gasteiger partial charge in [0.15, 0.2) is 0 Å². The topological polar surface area (TPSA) is 67.3 Å². The third-order valence-corrected chi connectivity index (χ3v) is 4.20. The minimum absolute atomic E-state index is 0.161. The summed E-state index contributed by atoms with van der Waals surface area (Å²) in [5.41, 5.74) is 0.971. The molecule has 1 aromatic rings. The highest BCUT2D eigenvalue weighted by Gasteiger charge is 2.23. The third-order valence-electron chi connectivity index (χ3n) is 4.01. The molecule has 1 unspecified atom stereocenters. The fraction of sp³-hybridized carbons (Fsp3) is 0.688. The van der Waals surface area contributed by atoms with Gasteiger partial charge in [0, 0.05) is 39.0 Å². The molecule has 128 valence electrons. The standard InChI is InChI=1S/C16H25ClN4O2/c1-23-10-8-18-15-5-4-14(19-20-15)11-13-3-2-9-21(12-13)16(22)6-7-17/h4-5,13H,2-3,6-12H2,1H3,(H,18,20). The molecule has 2 heterocycles. The summed E-state index contributed by atoms with van der Waals surface area (Å²) in [6.07, 6.45) is 3.45. The van der Waals surface area contributed by atoms with Crippen molar-refractivity contribution in [1.82, 2.24) is 15.1 Å². The van der Waals surface area contributed by atoms with Crippen LogP contribution in [-0.4, -0.2) is 60.2 Å². The molecule has 0 aliphatic carbocycles.